The number of amides is 2. The van der Waals surface area contributed by atoms with Crippen LogP contribution in [0.15, 0.2) is 75.1 Å². The molecule has 222 valence electrons. The number of sulfonamides is 1. The van der Waals surface area contributed by atoms with Crippen LogP contribution in [0.3, 0.4) is 0 Å². The molecule has 3 heterocycles. The quantitative estimate of drug-likeness (QED) is 0.142. The van der Waals surface area contributed by atoms with Gasteiger partial charge in [-0.3, -0.25) is 23.9 Å². The minimum Gasteiger partial charge on any atom is -0.356 e. The van der Waals surface area contributed by atoms with E-state index in [1.807, 2.05) is 24.4 Å². The van der Waals surface area contributed by atoms with Gasteiger partial charge in [-0.1, -0.05) is 36.9 Å². The minimum absolute atomic E-state index is 0.0360. The molecule has 11 nitrogen and oxygen atoms in total. The van der Waals surface area contributed by atoms with Crippen LogP contribution in [0.25, 0.3) is 10.2 Å². The highest BCUT2D eigenvalue weighted by Gasteiger charge is 2.22. The number of thioether (sulfide) groups is 1. The Morgan fingerprint density at radius 1 is 1.12 bits per heavy atom. The molecule has 0 aliphatic rings. The number of rotatable bonds is 14. The summed E-state index contributed by atoms with van der Waals surface area (Å²) in [6.07, 6.45) is 5.04. The SMILES string of the molecule is CCC(Sc1nc2ccsc2c(=O)n1CCCC(=O)NCCc1ccc(S(N)(=O)=O)cc1)C(=O)NCc1cccnc1. The molecule has 0 fully saturated rings. The molecular weight excluding hydrogens is 597 g/mol. The van der Waals surface area contributed by atoms with Gasteiger partial charge in [0.2, 0.25) is 21.8 Å². The van der Waals surface area contributed by atoms with Crippen LogP contribution in [0.1, 0.15) is 37.3 Å². The summed E-state index contributed by atoms with van der Waals surface area (Å²) in [5.74, 6) is -0.318. The molecule has 0 spiro atoms. The second kappa shape index (κ2) is 14.5. The number of hydrogen-bond acceptors (Lipinski definition) is 9. The average molecular weight is 629 g/mol. The maximum absolute atomic E-state index is 13.3. The summed E-state index contributed by atoms with van der Waals surface area (Å²) in [5.41, 5.74) is 2.15. The number of fused-ring (bicyclic) bond motifs is 1. The third kappa shape index (κ3) is 8.47. The van der Waals surface area contributed by atoms with E-state index >= 15 is 0 Å². The lowest BCUT2D eigenvalue weighted by atomic mass is 10.1. The van der Waals surface area contributed by atoms with Gasteiger partial charge in [0, 0.05) is 38.4 Å². The molecule has 4 rings (SSSR count). The van der Waals surface area contributed by atoms with Gasteiger partial charge in [-0.2, -0.15) is 0 Å². The largest absolute Gasteiger partial charge is 0.356 e. The van der Waals surface area contributed by atoms with Crippen molar-refractivity contribution in [3.8, 4) is 0 Å². The molecule has 42 heavy (non-hydrogen) atoms. The predicted molar refractivity (Wildman–Crippen MR) is 164 cm³/mol. The van der Waals surface area contributed by atoms with Crippen LogP contribution in [-0.4, -0.2) is 46.6 Å². The lowest BCUT2D eigenvalue weighted by molar-refractivity contribution is -0.121. The molecule has 4 N–H and O–H groups in total. The monoisotopic (exact) mass is 628 g/mol. The Morgan fingerprint density at radius 3 is 2.60 bits per heavy atom. The van der Waals surface area contributed by atoms with Crippen LogP contribution in [0, 0.1) is 0 Å². The molecule has 0 radical (unpaired) electrons. The lowest BCUT2D eigenvalue weighted by Crippen LogP contribution is -2.33. The van der Waals surface area contributed by atoms with E-state index in [4.69, 9.17) is 5.14 Å². The number of hydrogen-bond donors (Lipinski definition) is 3. The Labute approximate surface area is 252 Å². The molecule has 4 aromatic rings. The Balaban J connectivity index is 1.34. The highest BCUT2D eigenvalue weighted by molar-refractivity contribution is 8.00. The van der Waals surface area contributed by atoms with Crippen molar-refractivity contribution in [1.29, 1.82) is 0 Å². The van der Waals surface area contributed by atoms with E-state index in [1.165, 1.54) is 35.2 Å². The van der Waals surface area contributed by atoms with Crippen LogP contribution >= 0.6 is 23.1 Å². The second-order valence-electron chi connectivity index (χ2n) is 9.47. The zero-order chi connectivity index (χ0) is 30.1. The van der Waals surface area contributed by atoms with Crippen LogP contribution in [-0.2, 0) is 39.1 Å². The number of nitrogens with two attached hydrogens (primary N) is 1. The van der Waals surface area contributed by atoms with Crippen LogP contribution in [0.5, 0.6) is 0 Å². The normalized spacial score (nSPS) is 12.2. The predicted octanol–water partition coefficient (Wildman–Crippen LogP) is 2.83. The maximum Gasteiger partial charge on any atom is 0.272 e. The van der Waals surface area contributed by atoms with Gasteiger partial charge < -0.3 is 10.6 Å². The van der Waals surface area contributed by atoms with Gasteiger partial charge in [0.25, 0.3) is 5.56 Å². The number of carbonyl (C=O) groups is 2. The van der Waals surface area contributed by atoms with E-state index in [-0.39, 0.29) is 35.2 Å². The minimum atomic E-state index is -3.75. The van der Waals surface area contributed by atoms with E-state index in [0.29, 0.717) is 47.7 Å². The molecule has 3 aromatic heterocycles. The summed E-state index contributed by atoms with van der Waals surface area (Å²) < 4.78 is 24.9. The van der Waals surface area contributed by atoms with Crippen LogP contribution in [0.4, 0.5) is 0 Å². The van der Waals surface area contributed by atoms with Crippen molar-refractivity contribution in [3.05, 3.63) is 81.7 Å². The highest BCUT2D eigenvalue weighted by atomic mass is 32.2. The molecule has 1 aromatic carbocycles. The first-order valence-corrected chi connectivity index (χ1v) is 16.7. The summed E-state index contributed by atoms with van der Waals surface area (Å²) >= 11 is 2.56. The number of nitrogens with zero attached hydrogens (tertiary/aromatic N) is 3. The van der Waals surface area contributed by atoms with Crippen LogP contribution < -0.4 is 21.3 Å². The van der Waals surface area contributed by atoms with E-state index in [1.54, 1.807) is 35.2 Å². The van der Waals surface area contributed by atoms with E-state index < -0.39 is 15.3 Å². The van der Waals surface area contributed by atoms with Gasteiger partial charge in [-0.05, 0) is 60.0 Å². The van der Waals surface area contributed by atoms with Crippen molar-refractivity contribution in [2.24, 2.45) is 5.14 Å². The number of aromatic nitrogens is 3. The fourth-order valence-corrected chi connectivity index (χ4v) is 6.50. The summed E-state index contributed by atoms with van der Waals surface area (Å²) in [6.45, 7) is 2.91. The Morgan fingerprint density at radius 2 is 1.90 bits per heavy atom. The first-order chi connectivity index (χ1) is 20.2. The third-order valence-corrected chi connectivity index (χ3v) is 9.58. The van der Waals surface area contributed by atoms with Crippen molar-refractivity contribution in [2.45, 2.75) is 61.0 Å². The van der Waals surface area contributed by atoms with Crippen molar-refractivity contribution < 1.29 is 18.0 Å². The molecule has 0 saturated heterocycles. The Hall–Kier alpha value is -3.59. The van der Waals surface area contributed by atoms with Gasteiger partial charge in [0.05, 0.1) is 15.7 Å². The number of benzene rings is 1. The molecule has 1 atom stereocenters. The fraction of sp³-hybridized carbons (Fsp3) is 0.321. The highest BCUT2D eigenvalue weighted by Crippen LogP contribution is 2.26. The number of carbonyl (C=O) groups excluding carboxylic acids is 2. The van der Waals surface area contributed by atoms with E-state index in [2.05, 4.69) is 20.6 Å². The molecular formula is C28H32N6O5S3. The van der Waals surface area contributed by atoms with Gasteiger partial charge >= 0.3 is 0 Å². The van der Waals surface area contributed by atoms with Gasteiger partial charge in [0.15, 0.2) is 5.16 Å². The summed E-state index contributed by atoms with van der Waals surface area (Å²) in [6, 6.07) is 11.7. The smallest absolute Gasteiger partial charge is 0.272 e. The van der Waals surface area contributed by atoms with Gasteiger partial charge in [0.1, 0.15) is 4.70 Å². The summed E-state index contributed by atoms with van der Waals surface area (Å²) in [5, 5.41) is 12.7. The average Bonchev–Trinajstić information content (AvgIpc) is 3.45. The Bertz CT molecular complexity index is 1690. The van der Waals surface area contributed by atoms with Gasteiger partial charge in [-0.25, -0.2) is 18.5 Å². The number of nitrogens with one attached hydrogen (secondary N) is 2. The summed E-state index contributed by atoms with van der Waals surface area (Å²) in [7, 11) is -3.75. The Kier molecular flexibility index (Phi) is 10.8. The third-order valence-electron chi connectivity index (χ3n) is 6.40. The molecule has 0 saturated carbocycles. The van der Waals surface area contributed by atoms with Crippen LogP contribution in [0.2, 0.25) is 0 Å². The first kappa shape index (κ1) is 31.3. The fourth-order valence-electron chi connectivity index (χ4n) is 4.14. The maximum atomic E-state index is 13.3. The second-order valence-corrected chi connectivity index (χ2v) is 13.1. The topological polar surface area (TPSA) is 166 Å². The van der Waals surface area contributed by atoms with Crippen molar-refractivity contribution in [2.75, 3.05) is 6.54 Å². The standard InChI is InChI=1S/C28H32N6O5S3/c1-2-23(26(36)32-18-20-5-3-13-30-17-20)41-28-33-22-12-16-40-25(22)27(37)34(28)15-4-6-24(35)31-14-11-19-7-9-21(10-8-19)42(29,38)39/h3,5,7-10,12-13,16-17,23H,2,4,6,11,14-15,18H2,1H3,(H,31,35)(H,32,36)(H2,29,38,39). The van der Waals surface area contributed by atoms with Crippen molar-refractivity contribution >= 4 is 55.2 Å². The molecule has 2 amide bonds. The molecule has 0 aliphatic heterocycles. The van der Waals surface area contributed by atoms with E-state index in [0.717, 1.165) is 11.1 Å². The molecule has 0 aliphatic carbocycles. The zero-order valence-electron chi connectivity index (χ0n) is 23.0. The lowest BCUT2D eigenvalue weighted by Gasteiger charge is -2.17. The number of thiophene rings is 1. The number of primary sulfonamides is 1. The number of pyridine rings is 1. The summed E-state index contributed by atoms with van der Waals surface area (Å²) in [4.78, 5) is 47.6. The molecule has 14 heteroatoms. The first-order valence-electron chi connectivity index (χ1n) is 13.4. The van der Waals surface area contributed by atoms with Crippen molar-refractivity contribution in [3.63, 3.8) is 0 Å². The molecule has 1 unspecified atom stereocenters. The van der Waals surface area contributed by atoms with Gasteiger partial charge in [-0.15, -0.1) is 11.3 Å². The molecule has 0 bridgehead atoms. The zero-order valence-corrected chi connectivity index (χ0v) is 25.4. The van der Waals surface area contributed by atoms with E-state index in [9.17, 15) is 22.8 Å². The van der Waals surface area contributed by atoms with Crippen molar-refractivity contribution in [1.82, 2.24) is 25.2 Å².